The fraction of sp³-hybridized carbons (Fsp3) is 0.636. The van der Waals surface area contributed by atoms with Gasteiger partial charge >= 0.3 is 6.18 Å². The van der Waals surface area contributed by atoms with E-state index in [0.29, 0.717) is 5.69 Å². The minimum atomic E-state index is -4.38. The van der Waals surface area contributed by atoms with Crippen molar-refractivity contribution >= 4 is 10.0 Å². The first kappa shape index (κ1) is 15.3. The summed E-state index contributed by atoms with van der Waals surface area (Å²) in [5, 5.41) is 0. The average Bonchev–Trinajstić information content (AvgIpc) is 3.06. The number of hydrogen-bond donors (Lipinski definition) is 2. The Bertz CT molecular complexity index is 576. The number of halogens is 3. The van der Waals surface area contributed by atoms with Gasteiger partial charge in [-0.3, -0.25) is 0 Å². The molecule has 0 aromatic carbocycles. The van der Waals surface area contributed by atoms with E-state index in [0.717, 1.165) is 12.8 Å². The summed E-state index contributed by atoms with van der Waals surface area (Å²) < 4.78 is 63.6. The number of nitrogens with zero attached hydrogens (tertiary/aromatic N) is 1. The second kappa shape index (κ2) is 5.38. The summed E-state index contributed by atoms with van der Waals surface area (Å²) in [7, 11) is -3.93. The molecule has 2 rings (SSSR count). The van der Waals surface area contributed by atoms with E-state index in [1.807, 2.05) is 4.72 Å². The Balaban J connectivity index is 2.09. The van der Waals surface area contributed by atoms with Crippen molar-refractivity contribution in [1.29, 1.82) is 0 Å². The normalized spacial score (nSPS) is 16.6. The van der Waals surface area contributed by atoms with Crippen LogP contribution in [0.3, 0.4) is 0 Å². The molecule has 0 aliphatic heterocycles. The standard InChI is InChI=1S/C11H16F3N3O2S/c12-11(13,14)3-4-16-20(18,19)10-5-9(6-15)17(7-10)8-1-2-8/h5,7-8,16H,1-4,6,15H2. The highest BCUT2D eigenvalue weighted by Crippen LogP contribution is 2.37. The monoisotopic (exact) mass is 311 g/mol. The Morgan fingerprint density at radius 3 is 2.55 bits per heavy atom. The molecule has 0 radical (unpaired) electrons. The van der Waals surface area contributed by atoms with Crippen molar-refractivity contribution in [2.24, 2.45) is 5.73 Å². The molecule has 0 spiro atoms. The first-order valence-electron chi connectivity index (χ1n) is 6.20. The summed E-state index contributed by atoms with van der Waals surface area (Å²) in [4.78, 5) is -0.0352. The van der Waals surface area contributed by atoms with Gasteiger partial charge in [-0.2, -0.15) is 13.2 Å². The highest BCUT2D eigenvalue weighted by atomic mass is 32.2. The Morgan fingerprint density at radius 2 is 2.05 bits per heavy atom. The van der Waals surface area contributed by atoms with Crippen LogP contribution in [0.4, 0.5) is 13.2 Å². The molecule has 3 N–H and O–H groups in total. The minimum absolute atomic E-state index is 0.0352. The molecular formula is C11H16F3N3O2S. The molecule has 0 unspecified atom stereocenters. The third kappa shape index (κ3) is 3.74. The molecule has 1 saturated carbocycles. The molecular weight excluding hydrogens is 295 g/mol. The van der Waals surface area contributed by atoms with Gasteiger partial charge in [0.2, 0.25) is 10.0 Å². The predicted molar refractivity (Wildman–Crippen MR) is 66.5 cm³/mol. The number of nitrogens with two attached hydrogens (primary N) is 1. The molecule has 114 valence electrons. The van der Waals surface area contributed by atoms with Gasteiger partial charge in [0.15, 0.2) is 0 Å². The van der Waals surface area contributed by atoms with Crippen LogP contribution in [0.2, 0.25) is 0 Å². The Kier molecular flexibility index (Phi) is 4.12. The van der Waals surface area contributed by atoms with Crippen LogP contribution in [-0.2, 0) is 16.6 Å². The highest BCUT2D eigenvalue weighted by Gasteiger charge is 2.30. The molecule has 1 aliphatic rings. The predicted octanol–water partition coefficient (Wildman–Crippen LogP) is 1.51. The molecule has 5 nitrogen and oxygen atoms in total. The summed E-state index contributed by atoms with van der Waals surface area (Å²) in [6.45, 7) is -0.479. The number of aromatic nitrogens is 1. The Morgan fingerprint density at radius 1 is 1.40 bits per heavy atom. The van der Waals surface area contributed by atoms with Crippen LogP contribution in [0.5, 0.6) is 0 Å². The fourth-order valence-electron chi connectivity index (χ4n) is 1.91. The van der Waals surface area contributed by atoms with E-state index in [1.54, 1.807) is 4.57 Å². The van der Waals surface area contributed by atoms with Gasteiger partial charge in [-0.25, -0.2) is 13.1 Å². The van der Waals surface area contributed by atoms with Crippen LogP contribution in [0.25, 0.3) is 0 Å². The molecule has 1 aliphatic carbocycles. The van der Waals surface area contributed by atoms with Crippen molar-refractivity contribution in [2.75, 3.05) is 6.54 Å². The van der Waals surface area contributed by atoms with E-state index in [-0.39, 0.29) is 17.5 Å². The Hall–Kier alpha value is -1.06. The molecule has 0 bridgehead atoms. The topological polar surface area (TPSA) is 77.1 Å². The van der Waals surface area contributed by atoms with E-state index in [9.17, 15) is 21.6 Å². The molecule has 9 heteroatoms. The molecule has 1 aromatic rings. The lowest BCUT2D eigenvalue weighted by molar-refractivity contribution is -0.132. The minimum Gasteiger partial charge on any atom is -0.346 e. The van der Waals surface area contributed by atoms with Gasteiger partial charge in [0.05, 0.1) is 11.3 Å². The zero-order chi connectivity index (χ0) is 15.0. The number of hydrogen-bond acceptors (Lipinski definition) is 3. The maximum absolute atomic E-state index is 12.0. The summed E-state index contributed by atoms with van der Waals surface area (Å²) in [5.74, 6) is 0. The molecule has 1 fully saturated rings. The van der Waals surface area contributed by atoms with Gasteiger partial charge in [-0.1, -0.05) is 0 Å². The van der Waals surface area contributed by atoms with Crippen molar-refractivity contribution in [3.8, 4) is 0 Å². The van der Waals surface area contributed by atoms with Gasteiger partial charge in [0, 0.05) is 31.0 Å². The maximum atomic E-state index is 12.0. The van der Waals surface area contributed by atoms with Crippen LogP contribution >= 0.6 is 0 Å². The molecule has 1 aromatic heterocycles. The second-order valence-corrected chi connectivity index (χ2v) is 6.54. The summed E-state index contributed by atoms with van der Waals surface area (Å²) in [5.41, 5.74) is 6.22. The van der Waals surface area contributed by atoms with Crippen LogP contribution in [0.1, 0.15) is 31.0 Å². The fourth-order valence-corrected chi connectivity index (χ4v) is 2.99. The number of rotatable bonds is 6. The smallest absolute Gasteiger partial charge is 0.346 e. The lowest BCUT2D eigenvalue weighted by Gasteiger charge is -2.07. The van der Waals surface area contributed by atoms with E-state index in [4.69, 9.17) is 5.73 Å². The second-order valence-electron chi connectivity index (χ2n) is 4.77. The van der Waals surface area contributed by atoms with Gasteiger partial charge in [0.25, 0.3) is 0 Å². The van der Waals surface area contributed by atoms with Crippen molar-refractivity contribution in [3.05, 3.63) is 18.0 Å². The molecule has 1 heterocycles. The maximum Gasteiger partial charge on any atom is 0.390 e. The zero-order valence-electron chi connectivity index (χ0n) is 10.7. The van der Waals surface area contributed by atoms with Crippen molar-refractivity contribution in [1.82, 2.24) is 9.29 Å². The third-order valence-electron chi connectivity index (χ3n) is 3.07. The lowest BCUT2D eigenvalue weighted by Crippen LogP contribution is -2.27. The van der Waals surface area contributed by atoms with E-state index < -0.39 is 29.2 Å². The largest absolute Gasteiger partial charge is 0.390 e. The molecule has 0 amide bonds. The first-order chi connectivity index (χ1) is 9.23. The van der Waals surface area contributed by atoms with Gasteiger partial charge in [-0.15, -0.1) is 0 Å². The molecule has 0 atom stereocenters. The van der Waals surface area contributed by atoms with E-state index >= 15 is 0 Å². The summed E-state index contributed by atoms with van der Waals surface area (Å²) >= 11 is 0. The van der Waals surface area contributed by atoms with Crippen LogP contribution in [-0.4, -0.2) is 25.7 Å². The SMILES string of the molecule is NCc1cc(S(=O)(=O)NCCC(F)(F)F)cn1C1CC1. The number of nitrogens with one attached hydrogen (secondary N) is 1. The number of alkyl halides is 3. The van der Waals surface area contributed by atoms with Crippen molar-refractivity contribution in [2.45, 2.75) is 42.9 Å². The first-order valence-corrected chi connectivity index (χ1v) is 7.68. The molecule has 20 heavy (non-hydrogen) atoms. The summed E-state index contributed by atoms with van der Waals surface area (Å²) in [6, 6.07) is 1.67. The van der Waals surface area contributed by atoms with E-state index in [2.05, 4.69) is 0 Å². The number of sulfonamides is 1. The summed E-state index contributed by atoms with van der Waals surface area (Å²) in [6.07, 6.45) is -2.22. The van der Waals surface area contributed by atoms with Crippen molar-refractivity contribution in [3.63, 3.8) is 0 Å². The van der Waals surface area contributed by atoms with Gasteiger partial charge < -0.3 is 10.3 Å². The Labute approximate surface area is 115 Å². The quantitative estimate of drug-likeness (QED) is 0.836. The van der Waals surface area contributed by atoms with Crippen LogP contribution in [0, 0.1) is 0 Å². The zero-order valence-corrected chi connectivity index (χ0v) is 11.5. The lowest BCUT2D eigenvalue weighted by atomic mass is 10.4. The van der Waals surface area contributed by atoms with Crippen molar-refractivity contribution < 1.29 is 21.6 Å². The third-order valence-corrected chi connectivity index (χ3v) is 4.50. The highest BCUT2D eigenvalue weighted by molar-refractivity contribution is 7.89. The van der Waals surface area contributed by atoms with Gasteiger partial charge in [0.1, 0.15) is 0 Å². The molecule has 0 saturated heterocycles. The average molecular weight is 311 g/mol. The van der Waals surface area contributed by atoms with E-state index in [1.165, 1.54) is 12.3 Å². The van der Waals surface area contributed by atoms with Crippen LogP contribution in [0.15, 0.2) is 17.2 Å². The van der Waals surface area contributed by atoms with Gasteiger partial charge in [-0.05, 0) is 18.9 Å². The van der Waals surface area contributed by atoms with Crippen LogP contribution < -0.4 is 10.5 Å².